The molecule has 0 aliphatic rings. The average molecular weight is 282 g/mol. The van der Waals surface area contributed by atoms with Crippen LogP contribution in [0.1, 0.15) is 20.7 Å². The van der Waals surface area contributed by atoms with Gasteiger partial charge in [0, 0.05) is 13.1 Å². The first-order valence-corrected chi connectivity index (χ1v) is 5.91. The zero-order chi connectivity index (χ0) is 15.1. The van der Waals surface area contributed by atoms with Crippen LogP contribution in [0.15, 0.2) is 24.3 Å². The average Bonchev–Trinajstić information content (AvgIpc) is 2.46. The minimum absolute atomic E-state index is 0.0191. The van der Waals surface area contributed by atoms with Gasteiger partial charge in [0.25, 0.3) is 0 Å². The summed E-state index contributed by atoms with van der Waals surface area (Å²) in [6.45, 7) is -0.0627. The van der Waals surface area contributed by atoms with Gasteiger partial charge >= 0.3 is 11.9 Å². The Bertz CT molecular complexity index is 437. The van der Waals surface area contributed by atoms with Crippen molar-refractivity contribution >= 4 is 11.9 Å². The van der Waals surface area contributed by atoms with E-state index in [1.165, 1.54) is 12.1 Å². The second kappa shape index (κ2) is 7.56. The Labute approximate surface area is 116 Å². The van der Waals surface area contributed by atoms with Crippen molar-refractivity contribution in [1.82, 2.24) is 0 Å². The molecule has 1 aromatic rings. The molecular weight excluding hydrogens is 264 g/mol. The molecule has 0 spiro atoms. The van der Waals surface area contributed by atoms with Gasteiger partial charge in [0.05, 0.1) is 11.1 Å². The van der Waals surface area contributed by atoms with Crippen LogP contribution < -0.4 is 22.9 Å². The highest BCUT2D eigenvalue weighted by Crippen LogP contribution is 2.12. The molecule has 0 heterocycles. The maximum Gasteiger partial charge on any atom is 0.340 e. The number of carbonyl (C=O) groups is 2. The lowest BCUT2D eigenvalue weighted by atomic mass is 10.1. The molecule has 0 saturated carbocycles. The Kier molecular flexibility index (Phi) is 6.07. The van der Waals surface area contributed by atoms with Crippen LogP contribution in [0.25, 0.3) is 0 Å². The lowest BCUT2D eigenvalue weighted by Crippen LogP contribution is -2.36. The van der Waals surface area contributed by atoms with E-state index in [1.54, 1.807) is 12.1 Å². The topological polar surface area (TPSA) is 157 Å². The molecular formula is C12H18N4O4. The first-order valence-electron chi connectivity index (χ1n) is 5.91. The quantitative estimate of drug-likeness (QED) is 0.362. The molecule has 0 aliphatic heterocycles. The van der Waals surface area contributed by atoms with Gasteiger partial charge in [0.15, 0.2) is 12.5 Å². The number of carbonyl (C=O) groups excluding carboxylic acids is 2. The van der Waals surface area contributed by atoms with Crippen molar-refractivity contribution in [2.45, 2.75) is 12.5 Å². The van der Waals surface area contributed by atoms with E-state index < -0.39 is 24.4 Å². The largest absolute Gasteiger partial charge is 0.442 e. The van der Waals surface area contributed by atoms with Crippen LogP contribution in [0.4, 0.5) is 0 Å². The highest BCUT2D eigenvalue weighted by molar-refractivity contribution is 6.03. The number of nitrogens with two attached hydrogens (primary N) is 4. The minimum Gasteiger partial charge on any atom is -0.442 e. The van der Waals surface area contributed by atoms with E-state index in [0.717, 1.165) is 0 Å². The Morgan fingerprint density at radius 1 is 0.900 bits per heavy atom. The summed E-state index contributed by atoms with van der Waals surface area (Å²) in [6, 6.07) is 5.97. The fraction of sp³-hybridized carbons (Fsp3) is 0.333. The van der Waals surface area contributed by atoms with E-state index in [0.29, 0.717) is 0 Å². The SMILES string of the molecule is NCC(N)OC(=O)c1ccccc1C(=O)OC(N)CN. The van der Waals surface area contributed by atoms with E-state index in [-0.39, 0.29) is 24.2 Å². The lowest BCUT2D eigenvalue weighted by Gasteiger charge is -2.14. The number of benzene rings is 1. The summed E-state index contributed by atoms with van der Waals surface area (Å²) in [6.07, 6.45) is -1.89. The van der Waals surface area contributed by atoms with Gasteiger partial charge in [-0.25, -0.2) is 9.59 Å². The molecule has 8 N–H and O–H groups in total. The monoisotopic (exact) mass is 282 g/mol. The lowest BCUT2D eigenvalue weighted by molar-refractivity contribution is 0.0285. The molecule has 0 radical (unpaired) electrons. The summed E-state index contributed by atoms with van der Waals surface area (Å²) in [5, 5.41) is 0. The van der Waals surface area contributed by atoms with Gasteiger partial charge in [-0.3, -0.25) is 11.5 Å². The molecule has 0 fully saturated rings. The second-order valence-electron chi connectivity index (χ2n) is 3.90. The van der Waals surface area contributed by atoms with Crippen LogP contribution in [0.5, 0.6) is 0 Å². The molecule has 0 saturated heterocycles. The van der Waals surface area contributed by atoms with E-state index in [2.05, 4.69) is 0 Å². The predicted molar refractivity (Wildman–Crippen MR) is 71.3 cm³/mol. The molecule has 110 valence electrons. The molecule has 0 aromatic heterocycles. The van der Waals surface area contributed by atoms with Crippen LogP contribution in [0.3, 0.4) is 0 Å². The van der Waals surface area contributed by atoms with E-state index in [4.69, 9.17) is 32.4 Å². The molecule has 20 heavy (non-hydrogen) atoms. The Morgan fingerprint density at radius 3 is 1.55 bits per heavy atom. The zero-order valence-corrected chi connectivity index (χ0v) is 10.8. The maximum atomic E-state index is 11.9. The smallest absolute Gasteiger partial charge is 0.340 e. The third-order valence-electron chi connectivity index (χ3n) is 2.35. The third-order valence-corrected chi connectivity index (χ3v) is 2.35. The van der Waals surface area contributed by atoms with Crippen molar-refractivity contribution < 1.29 is 19.1 Å². The number of esters is 2. The first kappa shape index (κ1) is 16.1. The molecule has 8 heteroatoms. The number of rotatable bonds is 6. The molecule has 0 aliphatic carbocycles. The molecule has 0 bridgehead atoms. The van der Waals surface area contributed by atoms with E-state index in [9.17, 15) is 9.59 Å². The highest BCUT2D eigenvalue weighted by atomic mass is 16.6. The van der Waals surface area contributed by atoms with Crippen LogP contribution in [-0.4, -0.2) is 37.5 Å². The van der Waals surface area contributed by atoms with Crippen molar-refractivity contribution in [1.29, 1.82) is 0 Å². The molecule has 1 aromatic carbocycles. The van der Waals surface area contributed by atoms with Crippen LogP contribution in [0.2, 0.25) is 0 Å². The van der Waals surface area contributed by atoms with Gasteiger partial charge in [0.1, 0.15) is 0 Å². The van der Waals surface area contributed by atoms with Crippen LogP contribution in [-0.2, 0) is 9.47 Å². The van der Waals surface area contributed by atoms with Gasteiger partial charge in [-0.05, 0) is 12.1 Å². The van der Waals surface area contributed by atoms with Crippen molar-refractivity contribution in [3.05, 3.63) is 35.4 Å². The predicted octanol–water partition coefficient (Wildman–Crippen LogP) is -1.51. The van der Waals surface area contributed by atoms with Crippen molar-refractivity contribution in [2.24, 2.45) is 22.9 Å². The van der Waals surface area contributed by atoms with E-state index in [1.807, 2.05) is 0 Å². The zero-order valence-electron chi connectivity index (χ0n) is 10.8. The number of hydrogen-bond acceptors (Lipinski definition) is 8. The highest BCUT2D eigenvalue weighted by Gasteiger charge is 2.21. The number of ether oxygens (including phenoxy) is 2. The van der Waals surface area contributed by atoms with Crippen molar-refractivity contribution in [3.63, 3.8) is 0 Å². The molecule has 0 amide bonds. The summed E-state index contributed by atoms with van der Waals surface area (Å²) in [5.74, 6) is -1.53. The summed E-state index contributed by atoms with van der Waals surface area (Å²) >= 11 is 0. The standard InChI is InChI=1S/C12H18N4O4/c13-5-9(15)19-11(17)7-3-1-2-4-8(7)12(18)20-10(16)6-14/h1-4,9-10H,5-6,13-16H2. The molecule has 8 nitrogen and oxygen atoms in total. The Morgan fingerprint density at radius 2 is 1.25 bits per heavy atom. The van der Waals surface area contributed by atoms with Crippen molar-refractivity contribution in [2.75, 3.05) is 13.1 Å². The van der Waals surface area contributed by atoms with E-state index >= 15 is 0 Å². The Hall–Kier alpha value is -2.00. The normalized spacial score (nSPS) is 13.4. The minimum atomic E-state index is -0.946. The van der Waals surface area contributed by atoms with Gasteiger partial charge in [0.2, 0.25) is 0 Å². The fourth-order valence-electron chi connectivity index (χ4n) is 1.34. The third kappa shape index (κ3) is 4.28. The van der Waals surface area contributed by atoms with Gasteiger partial charge < -0.3 is 20.9 Å². The summed E-state index contributed by atoms with van der Waals surface area (Å²) in [4.78, 5) is 23.7. The van der Waals surface area contributed by atoms with Gasteiger partial charge in [-0.1, -0.05) is 12.1 Å². The molecule has 2 atom stereocenters. The van der Waals surface area contributed by atoms with Crippen molar-refractivity contribution in [3.8, 4) is 0 Å². The van der Waals surface area contributed by atoms with Crippen LogP contribution in [0, 0.1) is 0 Å². The summed E-state index contributed by atoms with van der Waals surface area (Å²) in [7, 11) is 0. The Balaban J connectivity index is 2.93. The van der Waals surface area contributed by atoms with Crippen LogP contribution >= 0.6 is 0 Å². The fourth-order valence-corrected chi connectivity index (χ4v) is 1.34. The van der Waals surface area contributed by atoms with Gasteiger partial charge in [-0.15, -0.1) is 0 Å². The number of hydrogen-bond donors (Lipinski definition) is 4. The van der Waals surface area contributed by atoms with Gasteiger partial charge in [-0.2, -0.15) is 0 Å². The summed E-state index contributed by atoms with van der Waals surface area (Å²) < 4.78 is 9.72. The maximum absolute atomic E-state index is 11.9. The summed E-state index contributed by atoms with van der Waals surface area (Å²) in [5.41, 5.74) is 21.4. The molecule has 2 unspecified atom stereocenters. The molecule has 1 rings (SSSR count). The first-order chi connectivity index (χ1) is 9.49. The second-order valence-corrected chi connectivity index (χ2v) is 3.90.